The van der Waals surface area contributed by atoms with Crippen LogP contribution in [0, 0.1) is 6.92 Å². The van der Waals surface area contributed by atoms with Crippen molar-refractivity contribution < 1.29 is 23.9 Å². The number of aryl methyl sites for hydroxylation is 1. The maximum atomic E-state index is 12.7. The molecule has 0 radical (unpaired) electrons. The van der Waals surface area contributed by atoms with E-state index >= 15 is 0 Å². The summed E-state index contributed by atoms with van der Waals surface area (Å²) >= 11 is 0. The third kappa shape index (κ3) is 5.23. The number of benzene rings is 2. The molecule has 0 fully saturated rings. The predicted octanol–water partition coefficient (Wildman–Crippen LogP) is 4.17. The van der Waals surface area contributed by atoms with Crippen LogP contribution in [0.5, 0.6) is 0 Å². The zero-order valence-corrected chi connectivity index (χ0v) is 16.9. The normalized spacial score (nSPS) is 10.5. The summed E-state index contributed by atoms with van der Waals surface area (Å²) in [6, 6.07) is 18.5. The second-order valence-electron chi connectivity index (χ2n) is 6.92. The molecule has 30 heavy (non-hydrogen) atoms. The molecule has 6 nitrogen and oxygen atoms in total. The highest BCUT2D eigenvalue weighted by atomic mass is 16.5. The summed E-state index contributed by atoms with van der Waals surface area (Å²) in [6.07, 6.45) is -0.206. The van der Waals surface area contributed by atoms with Crippen LogP contribution in [0.2, 0.25) is 0 Å². The van der Waals surface area contributed by atoms with Crippen LogP contribution in [0.3, 0.4) is 0 Å². The topological polar surface area (TPSA) is 85.5 Å². The molecule has 1 aromatic heterocycles. The van der Waals surface area contributed by atoms with Crippen LogP contribution in [-0.4, -0.2) is 22.7 Å². The van der Waals surface area contributed by atoms with Gasteiger partial charge in [0.2, 0.25) is 0 Å². The molecule has 0 amide bonds. The predicted molar refractivity (Wildman–Crippen MR) is 111 cm³/mol. The SMILES string of the molecule is CC(=O)c1c(C)[nH]c(C(=O)OCc2ccccc2)c1CC(=O)OCc1ccccc1. The molecule has 0 aliphatic heterocycles. The molecule has 2 aromatic carbocycles. The smallest absolute Gasteiger partial charge is 0.355 e. The van der Waals surface area contributed by atoms with Gasteiger partial charge < -0.3 is 14.5 Å². The van der Waals surface area contributed by atoms with E-state index < -0.39 is 11.9 Å². The summed E-state index contributed by atoms with van der Waals surface area (Å²) in [5.41, 5.74) is 2.93. The number of Topliss-reactive ketones (excluding diaryl/α,β-unsaturated/α-hetero) is 1. The number of ketones is 1. The zero-order valence-electron chi connectivity index (χ0n) is 16.9. The van der Waals surface area contributed by atoms with Gasteiger partial charge in [0, 0.05) is 16.8 Å². The van der Waals surface area contributed by atoms with Gasteiger partial charge in [0.05, 0.1) is 6.42 Å². The molecule has 0 bridgehead atoms. The van der Waals surface area contributed by atoms with Gasteiger partial charge in [-0.1, -0.05) is 60.7 Å². The summed E-state index contributed by atoms with van der Waals surface area (Å²) in [7, 11) is 0. The van der Waals surface area contributed by atoms with Crippen molar-refractivity contribution in [1.29, 1.82) is 0 Å². The minimum Gasteiger partial charge on any atom is -0.461 e. The second kappa shape index (κ2) is 9.69. The number of rotatable bonds is 8. The lowest BCUT2D eigenvalue weighted by Crippen LogP contribution is -2.14. The number of ether oxygens (including phenoxy) is 2. The maximum absolute atomic E-state index is 12.7. The number of aromatic amines is 1. The van der Waals surface area contributed by atoms with Crippen LogP contribution in [-0.2, 0) is 33.9 Å². The van der Waals surface area contributed by atoms with Crippen LogP contribution in [0.4, 0.5) is 0 Å². The van der Waals surface area contributed by atoms with E-state index in [9.17, 15) is 14.4 Å². The largest absolute Gasteiger partial charge is 0.461 e. The molecule has 0 aliphatic carbocycles. The highest BCUT2D eigenvalue weighted by Crippen LogP contribution is 2.22. The monoisotopic (exact) mass is 405 g/mol. The van der Waals surface area contributed by atoms with Gasteiger partial charge >= 0.3 is 11.9 Å². The van der Waals surface area contributed by atoms with E-state index in [2.05, 4.69) is 4.98 Å². The molecule has 0 spiro atoms. The number of carbonyl (C=O) groups excluding carboxylic acids is 3. The lowest BCUT2D eigenvalue weighted by Gasteiger charge is -2.08. The fourth-order valence-corrected chi connectivity index (χ4v) is 3.23. The van der Waals surface area contributed by atoms with Gasteiger partial charge in [0.25, 0.3) is 0 Å². The molecule has 1 N–H and O–H groups in total. The standard InChI is InChI=1S/C24H23NO5/c1-16-22(17(2)26)20(13-21(27)29-14-18-9-5-3-6-10-18)23(25-16)24(28)30-15-19-11-7-4-8-12-19/h3-12,25H,13-15H2,1-2H3. The van der Waals surface area contributed by atoms with Gasteiger partial charge in [-0.15, -0.1) is 0 Å². The van der Waals surface area contributed by atoms with E-state index in [0.717, 1.165) is 11.1 Å². The number of carbonyl (C=O) groups is 3. The van der Waals surface area contributed by atoms with E-state index in [1.807, 2.05) is 60.7 Å². The average Bonchev–Trinajstić information content (AvgIpc) is 3.08. The highest BCUT2D eigenvalue weighted by Gasteiger charge is 2.26. The van der Waals surface area contributed by atoms with E-state index in [1.54, 1.807) is 6.92 Å². The van der Waals surface area contributed by atoms with Crippen molar-refractivity contribution in [3.05, 3.63) is 94.3 Å². The van der Waals surface area contributed by atoms with Gasteiger partial charge in [-0.25, -0.2) is 4.79 Å². The Kier molecular flexibility index (Phi) is 6.80. The van der Waals surface area contributed by atoms with E-state index in [-0.39, 0.29) is 31.1 Å². The van der Waals surface area contributed by atoms with Gasteiger partial charge in [-0.2, -0.15) is 0 Å². The minimum atomic E-state index is -0.625. The van der Waals surface area contributed by atoms with Crippen molar-refractivity contribution in [2.24, 2.45) is 0 Å². The molecule has 3 aromatic rings. The first-order valence-corrected chi connectivity index (χ1v) is 9.58. The summed E-state index contributed by atoms with van der Waals surface area (Å²) in [5, 5.41) is 0. The van der Waals surface area contributed by atoms with Crippen molar-refractivity contribution in [3.8, 4) is 0 Å². The van der Waals surface area contributed by atoms with Crippen molar-refractivity contribution in [1.82, 2.24) is 4.98 Å². The Morgan fingerprint density at radius 1 is 0.833 bits per heavy atom. The molecule has 3 rings (SSSR count). The number of hydrogen-bond donors (Lipinski definition) is 1. The Morgan fingerprint density at radius 3 is 1.90 bits per heavy atom. The number of aromatic nitrogens is 1. The molecular formula is C24H23NO5. The molecule has 6 heteroatoms. The van der Waals surface area contributed by atoms with Crippen LogP contribution in [0.15, 0.2) is 60.7 Å². The fraction of sp³-hybridized carbons (Fsp3) is 0.208. The highest BCUT2D eigenvalue weighted by molar-refractivity contribution is 6.02. The first-order valence-electron chi connectivity index (χ1n) is 9.58. The van der Waals surface area contributed by atoms with Crippen LogP contribution < -0.4 is 0 Å². The number of H-pyrrole nitrogens is 1. The Balaban J connectivity index is 1.75. The van der Waals surface area contributed by atoms with Gasteiger partial charge in [0.1, 0.15) is 18.9 Å². The Morgan fingerprint density at radius 2 is 1.37 bits per heavy atom. The summed E-state index contributed by atoms with van der Waals surface area (Å²) in [5.74, 6) is -1.39. The van der Waals surface area contributed by atoms with Crippen molar-refractivity contribution in [2.75, 3.05) is 0 Å². The Hall–Kier alpha value is -3.67. The van der Waals surface area contributed by atoms with Crippen LogP contribution >= 0.6 is 0 Å². The van der Waals surface area contributed by atoms with Crippen molar-refractivity contribution >= 4 is 17.7 Å². The molecular weight excluding hydrogens is 382 g/mol. The number of nitrogens with one attached hydrogen (secondary N) is 1. The molecule has 1 heterocycles. The quantitative estimate of drug-likeness (QED) is 0.449. The van der Waals surface area contributed by atoms with Gasteiger partial charge in [-0.05, 0) is 25.0 Å². The van der Waals surface area contributed by atoms with Crippen LogP contribution in [0.25, 0.3) is 0 Å². The Labute approximate surface area is 174 Å². The second-order valence-corrected chi connectivity index (χ2v) is 6.92. The molecule has 0 saturated carbocycles. The van der Waals surface area contributed by atoms with Gasteiger partial charge in [-0.3, -0.25) is 9.59 Å². The molecule has 0 saturated heterocycles. The summed E-state index contributed by atoms with van der Waals surface area (Å²) in [4.78, 5) is 40.1. The minimum absolute atomic E-state index is 0.0883. The lowest BCUT2D eigenvalue weighted by atomic mass is 10.0. The average molecular weight is 405 g/mol. The summed E-state index contributed by atoms with van der Waals surface area (Å²) in [6.45, 7) is 3.29. The van der Waals surface area contributed by atoms with E-state index in [4.69, 9.17) is 9.47 Å². The molecule has 0 unspecified atom stereocenters. The lowest BCUT2D eigenvalue weighted by molar-refractivity contribution is -0.144. The number of hydrogen-bond acceptors (Lipinski definition) is 5. The van der Waals surface area contributed by atoms with Crippen LogP contribution in [0.1, 0.15) is 50.2 Å². The molecule has 154 valence electrons. The molecule has 0 atom stereocenters. The third-order valence-electron chi connectivity index (χ3n) is 4.62. The van der Waals surface area contributed by atoms with Gasteiger partial charge in [0.15, 0.2) is 5.78 Å². The zero-order chi connectivity index (χ0) is 21.5. The van der Waals surface area contributed by atoms with E-state index in [1.165, 1.54) is 6.92 Å². The third-order valence-corrected chi connectivity index (χ3v) is 4.62. The van der Waals surface area contributed by atoms with Crippen molar-refractivity contribution in [3.63, 3.8) is 0 Å². The summed E-state index contributed by atoms with van der Waals surface area (Å²) < 4.78 is 10.7. The van der Waals surface area contributed by atoms with Crippen molar-refractivity contribution in [2.45, 2.75) is 33.5 Å². The first-order chi connectivity index (χ1) is 14.5. The Bertz CT molecular complexity index is 1040. The first kappa shape index (κ1) is 21.0. The fourth-order valence-electron chi connectivity index (χ4n) is 3.23. The maximum Gasteiger partial charge on any atom is 0.355 e. The molecule has 0 aliphatic rings. The van der Waals surface area contributed by atoms with E-state index in [0.29, 0.717) is 16.8 Å². The number of esters is 2.